The highest BCUT2D eigenvalue weighted by molar-refractivity contribution is 6.62. The third-order valence-corrected chi connectivity index (χ3v) is 3.88. The normalized spacial score (nSPS) is 21.3. The third kappa shape index (κ3) is 1.97. The summed E-state index contributed by atoms with van der Waals surface area (Å²) in [5, 5.41) is 9.67. The molecule has 0 atom stereocenters. The zero-order valence-electron chi connectivity index (χ0n) is 11.6. The summed E-state index contributed by atoms with van der Waals surface area (Å²) in [6.07, 6.45) is 0. The Bertz CT molecular complexity index is 446. The van der Waals surface area contributed by atoms with E-state index >= 15 is 0 Å². The highest BCUT2D eigenvalue weighted by atomic mass is 16.7. The quantitative estimate of drug-likeness (QED) is 0.450. The van der Waals surface area contributed by atoms with Gasteiger partial charge in [0.15, 0.2) is 0 Å². The van der Waals surface area contributed by atoms with E-state index in [1.807, 2.05) is 33.8 Å². The average Bonchev–Trinajstić information content (AvgIpc) is 2.44. The second kappa shape index (κ2) is 3.90. The van der Waals surface area contributed by atoms with Gasteiger partial charge in [0.25, 0.3) is 0 Å². The van der Waals surface area contributed by atoms with Crippen LogP contribution in [0.4, 0.5) is 5.69 Å². The first kappa shape index (κ1) is 13.2. The van der Waals surface area contributed by atoms with E-state index in [0.717, 1.165) is 11.0 Å². The summed E-state index contributed by atoms with van der Waals surface area (Å²) in [7, 11) is -0.448. The molecular formula is C13H20BNO3. The summed E-state index contributed by atoms with van der Waals surface area (Å²) < 4.78 is 11.9. The fraction of sp³-hybridized carbons (Fsp3) is 0.538. The minimum atomic E-state index is -0.448. The Morgan fingerprint density at radius 2 is 1.61 bits per heavy atom. The highest BCUT2D eigenvalue weighted by Gasteiger charge is 2.51. The van der Waals surface area contributed by atoms with Crippen molar-refractivity contribution in [3.63, 3.8) is 0 Å². The van der Waals surface area contributed by atoms with Crippen LogP contribution in [-0.2, 0) is 9.31 Å². The lowest BCUT2D eigenvalue weighted by Gasteiger charge is -2.32. The molecule has 1 aromatic rings. The molecule has 0 aliphatic carbocycles. The summed E-state index contributed by atoms with van der Waals surface area (Å²) in [6.45, 7) is 9.82. The monoisotopic (exact) mass is 249 g/mol. The van der Waals surface area contributed by atoms with Crippen molar-refractivity contribution in [2.75, 3.05) is 5.73 Å². The van der Waals surface area contributed by atoms with Gasteiger partial charge in [-0.25, -0.2) is 0 Å². The Kier molecular flexibility index (Phi) is 2.87. The smallest absolute Gasteiger partial charge is 0.494 e. The predicted molar refractivity (Wildman–Crippen MR) is 73.0 cm³/mol. The van der Waals surface area contributed by atoms with Crippen molar-refractivity contribution in [2.24, 2.45) is 0 Å². The molecule has 0 radical (unpaired) electrons. The Morgan fingerprint density at radius 1 is 1.11 bits per heavy atom. The van der Waals surface area contributed by atoms with Crippen LogP contribution in [0.3, 0.4) is 0 Å². The zero-order valence-corrected chi connectivity index (χ0v) is 11.6. The SMILES string of the molecule is Cc1cc(B2OC(C)(C)C(C)(C)O2)cc(N)c1O. The number of phenolic OH excluding ortho intramolecular Hbond substituents is 1. The van der Waals surface area contributed by atoms with Gasteiger partial charge in [0.2, 0.25) is 0 Å². The summed E-state index contributed by atoms with van der Waals surface area (Å²) in [5.74, 6) is 0.121. The van der Waals surface area contributed by atoms with Crippen LogP contribution in [-0.4, -0.2) is 23.4 Å². The van der Waals surface area contributed by atoms with Crippen molar-refractivity contribution >= 4 is 18.3 Å². The van der Waals surface area contributed by atoms with Gasteiger partial charge in [-0.15, -0.1) is 0 Å². The van der Waals surface area contributed by atoms with Crippen LogP contribution in [0.5, 0.6) is 5.75 Å². The maximum Gasteiger partial charge on any atom is 0.494 e. The molecule has 98 valence electrons. The number of benzene rings is 1. The van der Waals surface area contributed by atoms with Crippen LogP contribution < -0.4 is 11.2 Å². The molecule has 18 heavy (non-hydrogen) atoms. The fourth-order valence-corrected chi connectivity index (χ4v) is 1.95. The molecule has 0 unspecified atom stereocenters. The maximum atomic E-state index is 9.67. The summed E-state index contributed by atoms with van der Waals surface area (Å²) in [4.78, 5) is 0. The van der Waals surface area contributed by atoms with Gasteiger partial charge in [-0.2, -0.15) is 0 Å². The molecule has 1 saturated heterocycles. The zero-order chi connectivity index (χ0) is 13.7. The summed E-state index contributed by atoms with van der Waals surface area (Å²) in [6, 6.07) is 3.54. The van der Waals surface area contributed by atoms with E-state index < -0.39 is 7.12 Å². The number of aryl methyl sites for hydroxylation is 1. The Balaban J connectivity index is 2.36. The lowest BCUT2D eigenvalue weighted by atomic mass is 9.78. The number of phenols is 1. The highest BCUT2D eigenvalue weighted by Crippen LogP contribution is 2.37. The van der Waals surface area contributed by atoms with Crippen molar-refractivity contribution in [1.82, 2.24) is 0 Å². The van der Waals surface area contributed by atoms with E-state index in [9.17, 15) is 5.11 Å². The molecule has 0 amide bonds. The average molecular weight is 249 g/mol. The van der Waals surface area contributed by atoms with Crippen molar-refractivity contribution in [3.8, 4) is 5.75 Å². The molecule has 1 fully saturated rings. The van der Waals surface area contributed by atoms with Crippen LogP contribution in [0, 0.1) is 6.92 Å². The van der Waals surface area contributed by atoms with Gasteiger partial charge in [-0.05, 0) is 51.7 Å². The second-order valence-corrected chi connectivity index (χ2v) is 5.86. The van der Waals surface area contributed by atoms with Crippen LogP contribution >= 0.6 is 0 Å². The Hall–Kier alpha value is -1.20. The fourth-order valence-electron chi connectivity index (χ4n) is 1.95. The molecular weight excluding hydrogens is 229 g/mol. The van der Waals surface area contributed by atoms with Gasteiger partial charge in [-0.3, -0.25) is 0 Å². The molecule has 1 aliphatic rings. The van der Waals surface area contributed by atoms with E-state index in [4.69, 9.17) is 15.0 Å². The number of hydrogen-bond donors (Lipinski definition) is 2. The lowest BCUT2D eigenvalue weighted by Crippen LogP contribution is -2.41. The number of anilines is 1. The first-order valence-corrected chi connectivity index (χ1v) is 6.09. The molecule has 2 rings (SSSR count). The van der Waals surface area contributed by atoms with Crippen LogP contribution in [0.2, 0.25) is 0 Å². The van der Waals surface area contributed by atoms with Gasteiger partial charge < -0.3 is 20.1 Å². The maximum absolute atomic E-state index is 9.67. The molecule has 0 bridgehead atoms. The molecule has 0 aromatic heterocycles. The molecule has 5 heteroatoms. The van der Waals surface area contributed by atoms with Crippen molar-refractivity contribution < 1.29 is 14.4 Å². The minimum absolute atomic E-state index is 0.121. The molecule has 1 heterocycles. The molecule has 3 N–H and O–H groups in total. The number of aromatic hydroxyl groups is 1. The van der Waals surface area contributed by atoms with Crippen molar-refractivity contribution in [3.05, 3.63) is 17.7 Å². The Morgan fingerprint density at radius 3 is 2.06 bits per heavy atom. The van der Waals surface area contributed by atoms with E-state index in [0.29, 0.717) is 5.69 Å². The van der Waals surface area contributed by atoms with Crippen molar-refractivity contribution in [2.45, 2.75) is 45.8 Å². The van der Waals surface area contributed by atoms with E-state index in [2.05, 4.69) is 0 Å². The van der Waals surface area contributed by atoms with E-state index in [1.54, 1.807) is 13.0 Å². The van der Waals surface area contributed by atoms with Gasteiger partial charge in [-0.1, -0.05) is 6.07 Å². The molecule has 0 saturated carbocycles. The van der Waals surface area contributed by atoms with Crippen LogP contribution in [0.1, 0.15) is 33.3 Å². The molecule has 4 nitrogen and oxygen atoms in total. The van der Waals surface area contributed by atoms with Gasteiger partial charge in [0.05, 0.1) is 16.9 Å². The first-order chi connectivity index (χ1) is 8.14. The second-order valence-electron chi connectivity index (χ2n) is 5.86. The molecule has 1 aliphatic heterocycles. The third-order valence-electron chi connectivity index (χ3n) is 3.88. The number of nitrogens with two attached hydrogens (primary N) is 1. The number of hydrogen-bond acceptors (Lipinski definition) is 4. The van der Waals surface area contributed by atoms with Crippen LogP contribution in [0.15, 0.2) is 12.1 Å². The summed E-state index contributed by atoms with van der Waals surface area (Å²) in [5.41, 5.74) is 6.91. The minimum Gasteiger partial charge on any atom is -0.506 e. The molecule has 0 spiro atoms. The van der Waals surface area contributed by atoms with Gasteiger partial charge in [0.1, 0.15) is 5.75 Å². The number of rotatable bonds is 1. The standard InChI is InChI=1S/C13H20BNO3/c1-8-6-9(7-10(15)11(8)16)14-17-12(2,3)13(4,5)18-14/h6-7,16H,15H2,1-5H3. The summed E-state index contributed by atoms with van der Waals surface area (Å²) >= 11 is 0. The van der Waals surface area contributed by atoms with Crippen LogP contribution in [0.25, 0.3) is 0 Å². The van der Waals surface area contributed by atoms with E-state index in [-0.39, 0.29) is 17.0 Å². The number of nitrogen functional groups attached to an aromatic ring is 1. The predicted octanol–water partition coefficient (Wildman–Crippen LogP) is 1.58. The lowest BCUT2D eigenvalue weighted by molar-refractivity contribution is 0.00578. The van der Waals surface area contributed by atoms with Gasteiger partial charge >= 0.3 is 7.12 Å². The van der Waals surface area contributed by atoms with Gasteiger partial charge in [0, 0.05) is 0 Å². The topological polar surface area (TPSA) is 64.7 Å². The van der Waals surface area contributed by atoms with E-state index in [1.165, 1.54) is 0 Å². The Labute approximate surface area is 108 Å². The largest absolute Gasteiger partial charge is 0.506 e. The molecule has 1 aromatic carbocycles. The first-order valence-electron chi connectivity index (χ1n) is 6.09. The van der Waals surface area contributed by atoms with Crippen molar-refractivity contribution in [1.29, 1.82) is 0 Å².